The number of piperidine rings is 1. The van der Waals surface area contributed by atoms with E-state index in [2.05, 4.69) is 0 Å². The van der Waals surface area contributed by atoms with Crippen LogP contribution in [0.3, 0.4) is 0 Å². The molecule has 6 heteroatoms. The van der Waals surface area contributed by atoms with E-state index in [4.69, 9.17) is 15.2 Å². The molecule has 2 saturated heterocycles. The number of halogens is 1. The van der Waals surface area contributed by atoms with E-state index in [9.17, 15) is 4.79 Å². The van der Waals surface area contributed by atoms with Crippen molar-refractivity contribution in [3.8, 4) is 0 Å². The Hall–Kier alpha value is -0.360. The van der Waals surface area contributed by atoms with Crippen molar-refractivity contribution in [1.29, 1.82) is 0 Å². The minimum Gasteiger partial charge on any atom is -0.376 e. The second-order valence-corrected chi connectivity index (χ2v) is 7.69. The monoisotopic (exact) mass is 348 g/mol. The fourth-order valence-electron chi connectivity index (χ4n) is 2.99. The standard InChI is InChI=1S/C17H32N2O3.ClH/c1-17(2,3)15(18)16(20)19-9-7-13(8-10-19)22-12-14-6-4-5-11-21-14;/h13-15H,4-12,18H2,1-3H3;1H/t14?,15-;/m1./s1. The Labute approximate surface area is 146 Å². The lowest BCUT2D eigenvalue weighted by Crippen LogP contribution is -2.53. The molecule has 0 bridgehead atoms. The van der Waals surface area contributed by atoms with E-state index in [1.807, 2.05) is 25.7 Å². The first-order valence-corrected chi connectivity index (χ1v) is 8.65. The van der Waals surface area contributed by atoms with Gasteiger partial charge in [-0.05, 0) is 37.5 Å². The van der Waals surface area contributed by atoms with Crippen molar-refractivity contribution < 1.29 is 14.3 Å². The highest BCUT2D eigenvalue weighted by atomic mass is 35.5. The van der Waals surface area contributed by atoms with Gasteiger partial charge >= 0.3 is 0 Å². The molecule has 0 aliphatic carbocycles. The molecular weight excluding hydrogens is 316 g/mol. The van der Waals surface area contributed by atoms with Crippen molar-refractivity contribution in [1.82, 2.24) is 4.90 Å². The lowest BCUT2D eigenvalue weighted by molar-refractivity contribution is -0.138. The molecule has 2 N–H and O–H groups in total. The van der Waals surface area contributed by atoms with E-state index in [0.717, 1.165) is 39.0 Å². The average Bonchev–Trinajstić information content (AvgIpc) is 2.52. The number of carbonyl (C=O) groups is 1. The van der Waals surface area contributed by atoms with Gasteiger partial charge < -0.3 is 20.1 Å². The Kier molecular flexibility index (Phi) is 8.28. The molecule has 2 atom stereocenters. The molecule has 0 radical (unpaired) electrons. The Morgan fingerprint density at radius 3 is 2.43 bits per heavy atom. The third-order valence-electron chi connectivity index (χ3n) is 4.74. The molecule has 0 aromatic rings. The number of rotatable bonds is 4. The molecule has 1 amide bonds. The van der Waals surface area contributed by atoms with Crippen molar-refractivity contribution in [2.24, 2.45) is 11.1 Å². The van der Waals surface area contributed by atoms with E-state index in [0.29, 0.717) is 6.61 Å². The summed E-state index contributed by atoms with van der Waals surface area (Å²) in [6.07, 6.45) is 5.84. The minimum absolute atomic E-state index is 0. The van der Waals surface area contributed by atoms with Gasteiger partial charge in [-0.25, -0.2) is 0 Å². The highest BCUT2D eigenvalue weighted by molar-refractivity contribution is 5.85. The van der Waals surface area contributed by atoms with Crippen LogP contribution in [0, 0.1) is 5.41 Å². The van der Waals surface area contributed by atoms with Crippen LogP contribution in [-0.4, -0.2) is 55.4 Å². The molecular formula is C17H33ClN2O3. The Morgan fingerprint density at radius 1 is 1.26 bits per heavy atom. The smallest absolute Gasteiger partial charge is 0.240 e. The topological polar surface area (TPSA) is 64.8 Å². The van der Waals surface area contributed by atoms with Crippen molar-refractivity contribution in [3.63, 3.8) is 0 Å². The zero-order chi connectivity index (χ0) is 16.2. The molecule has 2 rings (SSSR count). The van der Waals surface area contributed by atoms with Gasteiger partial charge in [-0.3, -0.25) is 4.79 Å². The van der Waals surface area contributed by atoms with Crippen LogP contribution in [0.2, 0.25) is 0 Å². The van der Waals surface area contributed by atoms with Crippen LogP contribution in [0.25, 0.3) is 0 Å². The first kappa shape index (κ1) is 20.7. The van der Waals surface area contributed by atoms with Gasteiger partial charge in [-0.2, -0.15) is 0 Å². The van der Waals surface area contributed by atoms with Gasteiger partial charge in [0.15, 0.2) is 0 Å². The minimum atomic E-state index is -0.430. The molecule has 2 heterocycles. The normalized spacial score (nSPS) is 24.9. The molecule has 0 aromatic heterocycles. The van der Waals surface area contributed by atoms with Crippen molar-refractivity contribution in [2.45, 2.75) is 71.1 Å². The summed E-state index contributed by atoms with van der Waals surface area (Å²) in [5.74, 6) is 0.0709. The van der Waals surface area contributed by atoms with Gasteiger partial charge in [0.2, 0.25) is 5.91 Å². The Morgan fingerprint density at radius 2 is 1.91 bits per heavy atom. The number of hydrogen-bond donors (Lipinski definition) is 1. The van der Waals surface area contributed by atoms with E-state index < -0.39 is 6.04 Å². The van der Waals surface area contributed by atoms with Crippen LogP contribution in [0.4, 0.5) is 0 Å². The molecule has 2 aliphatic rings. The highest BCUT2D eigenvalue weighted by Crippen LogP contribution is 2.22. The number of amides is 1. The van der Waals surface area contributed by atoms with E-state index in [-0.39, 0.29) is 35.9 Å². The maximum Gasteiger partial charge on any atom is 0.240 e. The van der Waals surface area contributed by atoms with Crippen LogP contribution in [-0.2, 0) is 14.3 Å². The molecule has 0 aromatic carbocycles. The van der Waals surface area contributed by atoms with Gasteiger partial charge in [0.05, 0.1) is 24.9 Å². The third kappa shape index (κ3) is 6.22. The van der Waals surface area contributed by atoms with E-state index in [1.54, 1.807) is 0 Å². The maximum atomic E-state index is 12.4. The SMILES string of the molecule is CC(C)(C)[C@H](N)C(=O)N1CCC(OCC2CCCCO2)CC1.Cl. The molecule has 0 spiro atoms. The number of carbonyl (C=O) groups excluding carboxylic acids is 1. The summed E-state index contributed by atoms with van der Waals surface area (Å²) in [4.78, 5) is 14.3. The summed E-state index contributed by atoms with van der Waals surface area (Å²) >= 11 is 0. The highest BCUT2D eigenvalue weighted by Gasteiger charge is 2.33. The Bertz CT molecular complexity index is 359. The van der Waals surface area contributed by atoms with Gasteiger partial charge in [0, 0.05) is 19.7 Å². The second kappa shape index (κ2) is 9.21. The summed E-state index contributed by atoms with van der Waals surface area (Å²) in [5.41, 5.74) is 5.89. The number of ether oxygens (including phenoxy) is 2. The van der Waals surface area contributed by atoms with Gasteiger partial charge in [-0.15, -0.1) is 12.4 Å². The van der Waals surface area contributed by atoms with Crippen LogP contribution in [0.1, 0.15) is 52.9 Å². The quantitative estimate of drug-likeness (QED) is 0.847. The first-order chi connectivity index (χ1) is 10.4. The van der Waals surface area contributed by atoms with Crippen molar-refractivity contribution in [2.75, 3.05) is 26.3 Å². The van der Waals surface area contributed by atoms with Crippen LogP contribution in [0.5, 0.6) is 0 Å². The predicted octanol–water partition coefficient (Wildman–Crippen LogP) is 2.36. The van der Waals surface area contributed by atoms with E-state index >= 15 is 0 Å². The molecule has 0 saturated carbocycles. The van der Waals surface area contributed by atoms with Crippen LogP contribution >= 0.6 is 12.4 Å². The van der Waals surface area contributed by atoms with Gasteiger partial charge in [0.25, 0.3) is 0 Å². The summed E-state index contributed by atoms with van der Waals surface area (Å²) < 4.78 is 11.7. The molecule has 136 valence electrons. The molecule has 1 unspecified atom stereocenters. The largest absolute Gasteiger partial charge is 0.376 e. The fraction of sp³-hybridized carbons (Fsp3) is 0.941. The predicted molar refractivity (Wildman–Crippen MR) is 93.8 cm³/mol. The maximum absolute atomic E-state index is 12.4. The lowest BCUT2D eigenvalue weighted by atomic mass is 9.86. The summed E-state index contributed by atoms with van der Waals surface area (Å²) in [6, 6.07) is -0.430. The van der Waals surface area contributed by atoms with E-state index in [1.165, 1.54) is 12.8 Å². The number of nitrogens with two attached hydrogens (primary N) is 1. The second-order valence-electron chi connectivity index (χ2n) is 7.69. The Balaban J connectivity index is 0.00000264. The summed E-state index contributed by atoms with van der Waals surface area (Å²) in [5, 5.41) is 0. The lowest BCUT2D eigenvalue weighted by Gasteiger charge is -2.37. The average molecular weight is 349 g/mol. The molecule has 2 aliphatic heterocycles. The van der Waals surface area contributed by atoms with Crippen LogP contribution in [0.15, 0.2) is 0 Å². The third-order valence-corrected chi connectivity index (χ3v) is 4.74. The van der Waals surface area contributed by atoms with Gasteiger partial charge in [0.1, 0.15) is 0 Å². The first-order valence-electron chi connectivity index (χ1n) is 8.65. The number of hydrogen-bond acceptors (Lipinski definition) is 4. The fourth-order valence-corrected chi connectivity index (χ4v) is 2.99. The zero-order valence-corrected chi connectivity index (χ0v) is 15.6. The van der Waals surface area contributed by atoms with Gasteiger partial charge in [-0.1, -0.05) is 20.8 Å². The number of nitrogens with zero attached hydrogens (tertiary/aromatic N) is 1. The van der Waals surface area contributed by atoms with Crippen molar-refractivity contribution >= 4 is 18.3 Å². The number of likely N-dealkylation sites (tertiary alicyclic amines) is 1. The molecule has 23 heavy (non-hydrogen) atoms. The van der Waals surface area contributed by atoms with Crippen molar-refractivity contribution in [3.05, 3.63) is 0 Å². The molecule has 5 nitrogen and oxygen atoms in total. The summed E-state index contributed by atoms with van der Waals surface area (Å²) in [6.45, 7) is 9.09. The van der Waals surface area contributed by atoms with Crippen LogP contribution < -0.4 is 5.73 Å². The summed E-state index contributed by atoms with van der Waals surface area (Å²) in [7, 11) is 0. The molecule has 2 fully saturated rings. The zero-order valence-electron chi connectivity index (χ0n) is 14.8.